The highest BCUT2D eigenvalue weighted by molar-refractivity contribution is 7.74. The molecular weight excluding hydrogens is 380 g/mol. The first kappa shape index (κ1) is 21.4. The van der Waals surface area contributed by atoms with Crippen LogP contribution in [0.3, 0.4) is 0 Å². The molecule has 0 fully saturated rings. The zero-order valence-electron chi connectivity index (χ0n) is 15.7. The molecule has 0 bridgehead atoms. The monoisotopic (exact) mass is 404 g/mol. The van der Waals surface area contributed by atoms with Crippen LogP contribution in [0.2, 0.25) is 0 Å². The predicted octanol–water partition coefficient (Wildman–Crippen LogP) is 2.72. The lowest BCUT2D eigenvalue weighted by molar-refractivity contribution is -0.137. The van der Waals surface area contributed by atoms with Crippen molar-refractivity contribution < 1.29 is 23.1 Å². The van der Waals surface area contributed by atoms with Crippen LogP contribution < -0.4 is 10.5 Å². The zero-order chi connectivity index (χ0) is 20.7. The Morgan fingerprint density at radius 3 is 2.61 bits per heavy atom. The Hall–Kier alpha value is -2.87. The molecule has 1 aromatic rings. The van der Waals surface area contributed by atoms with Gasteiger partial charge in [-0.05, 0) is 55.0 Å². The number of hydrogen-bond acceptors (Lipinski definition) is 5. The van der Waals surface area contributed by atoms with Crippen LogP contribution in [0.4, 0.5) is 0 Å². The molecule has 2 rings (SSSR count). The van der Waals surface area contributed by atoms with Crippen LogP contribution in [-0.2, 0) is 15.1 Å². The van der Waals surface area contributed by atoms with Gasteiger partial charge in [-0.25, -0.2) is 0 Å². The third kappa shape index (κ3) is 5.82. The van der Waals surface area contributed by atoms with Crippen LogP contribution in [0, 0.1) is 12.3 Å². The highest BCUT2D eigenvalue weighted by atomic mass is 32.2. The molecule has 0 unspecified atom stereocenters. The molecule has 1 aromatic carbocycles. The molecule has 4 N–H and O–H groups in total. The Morgan fingerprint density at radius 2 is 2.00 bits per heavy atom. The van der Waals surface area contributed by atoms with E-state index in [0.29, 0.717) is 29.9 Å². The van der Waals surface area contributed by atoms with E-state index < -0.39 is 16.3 Å². The number of aryl methyl sites for hydroxylation is 1. The quantitative estimate of drug-likeness (QED) is 0.251. The van der Waals surface area contributed by atoms with E-state index in [1.165, 1.54) is 0 Å². The van der Waals surface area contributed by atoms with Crippen molar-refractivity contribution in [3.8, 4) is 5.75 Å². The van der Waals surface area contributed by atoms with E-state index in [4.69, 9.17) is 21.0 Å². The number of hydrogen-bond donors (Lipinski definition) is 3. The summed E-state index contributed by atoms with van der Waals surface area (Å²) in [5.41, 5.74) is 8.16. The third-order valence-electron chi connectivity index (χ3n) is 4.43. The Labute approximate surface area is 165 Å². The van der Waals surface area contributed by atoms with Crippen molar-refractivity contribution >= 4 is 32.5 Å². The van der Waals surface area contributed by atoms with Gasteiger partial charge in [0.1, 0.15) is 11.6 Å². The van der Waals surface area contributed by atoms with Crippen molar-refractivity contribution in [2.45, 2.75) is 39.0 Å². The van der Waals surface area contributed by atoms with Gasteiger partial charge in [0.05, 0.1) is 11.5 Å². The molecule has 28 heavy (non-hydrogen) atoms. The smallest absolute Gasteiger partial charge is 0.303 e. The van der Waals surface area contributed by atoms with E-state index in [-0.39, 0.29) is 23.5 Å². The molecule has 1 aliphatic rings. The van der Waals surface area contributed by atoms with Crippen molar-refractivity contribution in [2.75, 3.05) is 6.61 Å². The fraction of sp³-hybridized carbons (Fsp3) is 0.350. The Morgan fingerprint density at radius 1 is 1.25 bits per heavy atom. The van der Waals surface area contributed by atoms with Crippen LogP contribution in [0.1, 0.15) is 43.2 Å². The van der Waals surface area contributed by atoms with E-state index in [0.717, 1.165) is 24.0 Å². The third-order valence-corrected chi connectivity index (χ3v) is 5.19. The number of nitrogens with one attached hydrogen (secondary N) is 1. The number of benzene rings is 1. The summed E-state index contributed by atoms with van der Waals surface area (Å²) in [5.74, 6) is -0.213. The molecule has 1 aliphatic carbocycles. The van der Waals surface area contributed by atoms with Gasteiger partial charge in [0, 0.05) is 18.4 Å². The van der Waals surface area contributed by atoms with Crippen LogP contribution in [0.15, 0.2) is 35.9 Å². The Bertz CT molecular complexity index is 966. The first-order chi connectivity index (χ1) is 13.3. The Balaban J connectivity index is 2.10. The minimum atomic E-state index is -2.41. The summed E-state index contributed by atoms with van der Waals surface area (Å²) in [7, 11) is -2.41. The number of carboxylic acids is 1. The van der Waals surface area contributed by atoms with Gasteiger partial charge in [-0.15, -0.1) is 0 Å². The first-order valence-corrected chi connectivity index (χ1v) is 10.0. The average Bonchev–Trinajstić information content (AvgIpc) is 2.64. The average molecular weight is 404 g/mol. The van der Waals surface area contributed by atoms with E-state index in [1.807, 2.05) is 13.0 Å². The predicted molar refractivity (Wildman–Crippen MR) is 109 cm³/mol. The van der Waals surface area contributed by atoms with Gasteiger partial charge >= 0.3 is 5.97 Å². The van der Waals surface area contributed by atoms with Crippen molar-refractivity contribution in [3.05, 3.63) is 47.1 Å². The number of aliphatic carboxylic acids is 1. The van der Waals surface area contributed by atoms with Gasteiger partial charge in [0.15, 0.2) is 0 Å². The van der Waals surface area contributed by atoms with Crippen LogP contribution >= 0.6 is 0 Å². The van der Waals surface area contributed by atoms with Gasteiger partial charge < -0.3 is 15.6 Å². The van der Waals surface area contributed by atoms with Crippen molar-refractivity contribution in [1.29, 1.82) is 5.41 Å². The molecule has 0 heterocycles. The molecule has 0 saturated carbocycles. The van der Waals surface area contributed by atoms with Crippen molar-refractivity contribution in [1.82, 2.24) is 0 Å². The first-order valence-electron chi connectivity index (χ1n) is 8.96. The molecule has 0 radical (unpaired) electrons. The van der Waals surface area contributed by atoms with E-state index in [9.17, 15) is 13.2 Å². The molecule has 7 nitrogen and oxygen atoms in total. The summed E-state index contributed by atoms with van der Waals surface area (Å²) in [6.45, 7) is 2.38. The maximum absolute atomic E-state index is 11.7. The number of amidine groups is 1. The highest BCUT2D eigenvalue weighted by Crippen LogP contribution is 2.28. The number of carboxylic acid groups (broad SMARTS) is 1. The van der Waals surface area contributed by atoms with Crippen LogP contribution in [-0.4, -0.2) is 36.8 Å². The molecule has 0 spiro atoms. The van der Waals surface area contributed by atoms with Crippen molar-refractivity contribution in [3.63, 3.8) is 0 Å². The summed E-state index contributed by atoms with van der Waals surface area (Å²) in [5, 5.41) is 16.1. The lowest BCUT2D eigenvalue weighted by atomic mass is 9.92. The maximum atomic E-state index is 11.7. The highest BCUT2D eigenvalue weighted by Gasteiger charge is 2.19. The van der Waals surface area contributed by atoms with E-state index in [1.54, 1.807) is 24.3 Å². The fourth-order valence-corrected chi connectivity index (χ4v) is 3.55. The summed E-state index contributed by atoms with van der Waals surface area (Å²) in [6, 6.07) is 5.47. The minimum Gasteiger partial charge on any atom is -0.493 e. The summed E-state index contributed by atoms with van der Waals surface area (Å²) in [4.78, 5) is 10.7. The van der Waals surface area contributed by atoms with Crippen molar-refractivity contribution in [2.24, 2.45) is 5.73 Å². The Kier molecular flexibility index (Phi) is 7.57. The van der Waals surface area contributed by atoms with Gasteiger partial charge in [-0.2, -0.15) is 8.42 Å². The summed E-state index contributed by atoms with van der Waals surface area (Å²) in [6.07, 6.45) is 5.80. The SMILES string of the molecule is Cc1cc(C2=CC=C(C(=N)N)CC2=S(=O)=O)ccc1OCCCCCC(=O)O. The summed E-state index contributed by atoms with van der Waals surface area (Å²) < 4.78 is 29.1. The second kappa shape index (κ2) is 9.89. The number of unbranched alkanes of at least 4 members (excludes halogenated alkanes) is 2. The standard InChI is InChI=1S/C20H24N2O5S/c1-13-11-14(7-9-17(13)27-10-4-2-3-5-19(23)24)16-8-6-15(20(21)22)12-18(16)28(25)26/h6-9,11H,2-5,10,12H2,1H3,(H3,21,22)(H,23,24). The number of rotatable bonds is 9. The molecule has 8 heteroatoms. The summed E-state index contributed by atoms with van der Waals surface area (Å²) >= 11 is 0. The second-order valence-corrected chi connectivity index (χ2v) is 7.52. The van der Waals surface area contributed by atoms with Gasteiger partial charge in [-0.1, -0.05) is 18.2 Å². The molecular formula is C20H24N2O5S. The van der Waals surface area contributed by atoms with Crippen LogP contribution in [0.25, 0.3) is 5.57 Å². The molecule has 0 atom stereocenters. The maximum Gasteiger partial charge on any atom is 0.303 e. The fourth-order valence-electron chi connectivity index (χ4n) is 2.91. The number of carbonyl (C=O) groups is 1. The van der Waals surface area contributed by atoms with Gasteiger partial charge in [0.2, 0.25) is 10.3 Å². The largest absolute Gasteiger partial charge is 0.493 e. The topological polar surface area (TPSA) is 131 Å². The molecule has 0 amide bonds. The van der Waals surface area contributed by atoms with Crippen LogP contribution in [0.5, 0.6) is 5.75 Å². The van der Waals surface area contributed by atoms with E-state index in [2.05, 4.69) is 0 Å². The lowest BCUT2D eigenvalue weighted by Gasteiger charge is -2.16. The number of allylic oxidation sites excluding steroid dienone is 3. The molecule has 0 aliphatic heterocycles. The molecule has 0 aromatic heterocycles. The number of nitrogens with two attached hydrogens (primary N) is 1. The molecule has 150 valence electrons. The van der Waals surface area contributed by atoms with Gasteiger partial charge in [-0.3, -0.25) is 10.2 Å². The van der Waals surface area contributed by atoms with Gasteiger partial charge in [0.25, 0.3) is 0 Å². The second-order valence-electron chi connectivity index (χ2n) is 6.55. The normalized spacial score (nSPS) is 13.5. The minimum absolute atomic E-state index is 0.102. The molecule has 0 saturated heterocycles. The lowest BCUT2D eigenvalue weighted by Crippen LogP contribution is -2.19. The zero-order valence-corrected chi connectivity index (χ0v) is 16.5. The van der Waals surface area contributed by atoms with E-state index >= 15 is 0 Å². The number of ether oxygens (including phenoxy) is 1.